The van der Waals surface area contributed by atoms with E-state index in [0.717, 1.165) is 47.6 Å². The fourth-order valence-electron chi connectivity index (χ4n) is 13.0. The van der Waals surface area contributed by atoms with E-state index in [9.17, 15) is 19.8 Å². The number of aliphatic hydroxyl groups is 2. The van der Waals surface area contributed by atoms with Gasteiger partial charge in [-0.3, -0.25) is 4.79 Å². The van der Waals surface area contributed by atoms with E-state index in [1.165, 1.54) is 37.0 Å². The predicted molar refractivity (Wildman–Crippen MR) is 235 cm³/mol. The van der Waals surface area contributed by atoms with Crippen LogP contribution in [0.1, 0.15) is 124 Å². The van der Waals surface area contributed by atoms with Gasteiger partial charge in [-0.05, 0) is 172 Å². The molecule has 0 spiro atoms. The highest BCUT2D eigenvalue weighted by Gasteiger charge is 2.59. The summed E-state index contributed by atoms with van der Waals surface area (Å²) >= 11 is 6.46. The number of benzene rings is 4. The summed E-state index contributed by atoms with van der Waals surface area (Å²) in [5.41, 5.74) is 1.41. The molecule has 0 aromatic heterocycles. The van der Waals surface area contributed by atoms with Crippen LogP contribution in [0.2, 0.25) is 5.02 Å². The second-order valence-corrected chi connectivity index (χ2v) is 20.3. The lowest BCUT2D eigenvalue weighted by Crippen LogP contribution is -2.58. The van der Waals surface area contributed by atoms with Crippen molar-refractivity contribution >= 4 is 34.2 Å². The van der Waals surface area contributed by atoms with Crippen LogP contribution < -0.4 is 4.74 Å². The Labute approximate surface area is 359 Å². The molecule has 7 aliphatic carbocycles. The van der Waals surface area contributed by atoms with Gasteiger partial charge in [0.05, 0.1) is 18.2 Å². The summed E-state index contributed by atoms with van der Waals surface area (Å²) in [4.78, 5) is 31.1. The molecule has 7 aliphatic rings. The summed E-state index contributed by atoms with van der Waals surface area (Å²) in [6.07, 6.45) is 12.3. The first-order valence-electron chi connectivity index (χ1n) is 22.4. The van der Waals surface area contributed by atoms with Gasteiger partial charge in [0.2, 0.25) is 0 Å². The Morgan fingerprint density at radius 2 is 1.62 bits per heavy atom. The number of halogens is 2. The largest absolute Gasteiger partial charge is 0.415 e. The van der Waals surface area contributed by atoms with Gasteiger partial charge >= 0.3 is 6.09 Å². The fourth-order valence-corrected chi connectivity index (χ4v) is 13.2. The van der Waals surface area contributed by atoms with Gasteiger partial charge in [0, 0.05) is 34.5 Å². The zero-order chi connectivity index (χ0) is 41.8. The summed E-state index contributed by atoms with van der Waals surface area (Å²) in [6.45, 7) is 4.93. The minimum atomic E-state index is -1.31. The quantitative estimate of drug-likeness (QED) is 0.136. The van der Waals surface area contributed by atoms with E-state index >= 15 is 4.39 Å². The minimum absolute atomic E-state index is 0.00348. The van der Waals surface area contributed by atoms with Crippen molar-refractivity contribution in [2.45, 2.75) is 121 Å². The molecule has 8 heteroatoms. The van der Waals surface area contributed by atoms with E-state index in [2.05, 4.69) is 19.9 Å². The van der Waals surface area contributed by atoms with Crippen molar-refractivity contribution in [2.75, 3.05) is 13.1 Å². The molecule has 0 radical (unpaired) electrons. The van der Waals surface area contributed by atoms with Crippen LogP contribution in [0, 0.1) is 34.4 Å². The van der Waals surface area contributed by atoms with Crippen LogP contribution >= 0.6 is 11.6 Å². The molecule has 0 heterocycles. The Morgan fingerprint density at radius 1 is 0.883 bits per heavy atom. The zero-order valence-corrected chi connectivity index (χ0v) is 35.9. The number of carbonyl (C=O) groups excluding carboxylic acids is 2. The van der Waals surface area contributed by atoms with Gasteiger partial charge in [-0.15, -0.1) is 0 Å². The maximum Gasteiger partial charge on any atom is 0.415 e. The SMILES string of the molecule is CC1=CCC[C@@]2(C)[C@@H](CC[C@@]2(O)CN(CC23CC4CC(CC(C4)C2)C3)C(=O)Oc2ccc3ccccc3c2)c2ccc(cc2C(=O)Cc2c(F)cccc2Cl)C[C@@H](O)CC1. The summed E-state index contributed by atoms with van der Waals surface area (Å²) in [6, 6.07) is 24.1. The van der Waals surface area contributed by atoms with Crippen LogP contribution in [0.3, 0.4) is 0 Å². The number of aliphatic hydroxyl groups excluding tert-OH is 1. The monoisotopic (exact) mass is 831 g/mol. The molecule has 2 N–H and O–H groups in total. The van der Waals surface area contributed by atoms with Gasteiger partial charge in [0.25, 0.3) is 0 Å². The fraction of sp³-hybridized carbons (Fsp3) is 0.500. The van der Waals surface area contributed by atoms with Gasteiger partial charge in [-0.2, -0.15) is 0 Å². The van der Waals surface area contributed by atoms with E-state index in [4.69, 9.17) is 16.3 Å². The van der Waals surface area contributed by atoms with Crippen molar-refractivity contribution in [3.8, 4) is 5.75 Å². The molecule has 6 bridgehead atoms. The molecule has 0 saturated heterocycles. The van der Waals surface area contributed by atoms with E-state index in [0.29, 0.717) is 74.1 Å². The van der Waals surface area contributed by atoms with Crippen molar-refractivity contribution in [3.63, 3.8) is 0 Å². The van der Waals surface area contributed by atoms with Crippen LogP contribution in [-0.4, -0.2) is 51.8 Å². The molecule has 4 aromatic carbocycles. The molecule has 4 aromatic rings. The summed E-state index contributed by atoms with van der Waals surface area (Å²) in [5.74, 6) is 1.55. The number of fused-ring (bicyclic) bond motifs is 9. The summed E-state index contributed by atoms with van der Waals surface area (Å²) < 4.78 is 21.4. The lowest BCUT2D eigenvalue weighted by molar-refractivity contribution is -0.101. The number of amides is 1. The first-order chi connectivity index (χ1) is 28.8. The third-order valence-electron chi connectivity index (χ3n) is 15.7. The Morgan fingerprint density at radius 3 is 2.35 bits per heavy atom. The van der Waals surface area contributed by atoms with Gasteiger partial charge in [0.1, 0.15) is 11.6 Å². The molecule has 4 atom stereocenters. The molecule has 0 aliphatic heterocycles. The maximum absolute atomic E-state index is 15.1. The highest BCUT2D eigenvalue weighted by Crippen LogP contribution is 2.62. The molecule has 5 saturated carbocycles. The van der Waals surface area contributed by atoms with Crippen molar-refractivity contribution in [1.82, 2.24) is 4.90 Å². The van der Waals surface area contributed by atoms with Gasteiger partial charge < -0.3 is 19.8 Å². The average molecular weight is 832 g/mol. The van der Waals surface area contributed by atoms with E-state index in [-0.39, 0.29) is 40.7 Å². The van der Waals surface area contributed by atoms with Crippen molar-refractivity contribution in [2.24, 2.45) is 28.6 Å². The van der Waals surface area contributed by atoms with Crippen LogP contribution in [0.5, 0.6) is 5.75 Å². The van der Waals surface area contributed by atoms with E-state index in [1.807, 2.05) is 65.6 Å². The highest BCUT2D eigenvalue weighted by atomic mass is 35.5. The third kappa shape index (κ3) is 8.07. The van der Waals surface area contributed by atoms with Crippen molar-refractivity contribution < 1.29 is 28.9 Å². The Hall–Kier alpha value is -4.04. The number of carbonyl (C=O) groups is 2. The van der Waals surface area contributed by atoms with Crippen LogP contribution in [0.4, 0.5) is 9.18 Å². The molecule has 1 amide bonds. The summed E-state index contributed by atoms with van der Waals surface area (Å²) in [7, 11) is 0. The average Bonchev–Trinajstić information content (AvgIpc) is 3.45. The Bertz CT molecular complexity index is 2270. The van der Waals surface area contributed by atoms with Gasteiger partial charge in [0.15, 0.2) is 5.78 Å². The lowest BCUT2D eigenvalue weighted by Gasteiger charge is -2.58. The van der Waals surface area contributed by atoms with Crippen molar-refractivity contribution in [3.05, 3.63) is 124 Å². The Balaban J connectivity index is 1.09. The number of rotatable bonds is 8. The number of hydrogen-bond donors (Lipinski definition) is 2. The zero-order valence-electron chi connectivity index (χ0n) is 35.1. The minimum Gasteiger partial charge on any atom is -0.410 e. The second kappa shape index (κ2) is 16.3. The number of ether oxygens (including phenoxy) is 1. The lowest BCUT2D eigenvalue weighted by atomic mass is 9.49. The molecular formula is C52H59ClFNO5. The molecule has 11 rings (SSSR count). The number of allylic oxidation sites excluding steroid dienone is 2. The van der Waals surface area contributed by atoms with Gasteiger partial charge in [-0.25, -0.2) is 9.18 Å². The normalized spacial score (nSPS) is 31.1. The molecule has 0 unspecified atom stereocenters. The number of ketones is 1. The first kappa shape index (κ1) is 41.3. The van der Waals surface area contributed by atoms with Crippen LogP contribution in [0.25, 0.3) is 10.8 Å². The molecular weight excluding hydrogens is 773 g/mol. The van der Waals surface area contributed by atoms with E-state index in [1.54, 1.807) is 6.07 Å². The molecule has 60 heavy (non-hydrogen) atoms. The molecule has 5 fully saturated rings. The first-order valence-corrected chi connectivity index (χ1v) is 22.8. The van der Waals surface area contributed by atoms with Gasteiger partial charge in [-0.1, -0.05) is 78.7 Å². The third-order valence-corrected chi connectivity index (χ3v) is 16.1. The summed E-state index contributed by atoms with van der Waals surface area (Å²) in [5, 5.41) is 26.8. The predicted octanol–water partition coefficient (Wildman–Crippen LogP) is 11.8. The highest BCUT2D eigenvalue weighted by molar-refractivity contribution is 6.31. The van der Waals surface area contributed by atoms with Crippen LogP contribution in [-0.2, 0) is 12.8 Å². The van der Waals surface area contributed by atoms with Crippen LogP contribution in [0.15, 0.2) is 90.5 Å². The standard InChI is InChI=1S/C52H59ClFNO5/c1-33-7-6-19-50(2)45(42-17-13-34(24-40(56)15-12-33)25-43(42)48(57)27-44-46(53)10-5-11-47(44)54)18-20-52(50,59)32-55(31-51-28-35-21-36(29-51)23-37(22-35)30-51)49(58)60-41-16-14-38-8-3-4-9-39(38)26-41/h3-5,7-11,13-14,16-17,25-26,35-37,40,45,56,59H,6,12,15,18-24,27-32H2,1-2H3/t35?,36?,37?,40-,45-,50-,51?,52+/m0/s1. The topological polar surface area (TPSA) is 87.1 Å². The van der Waals surface area contributed by atoms with E-state index < -0.39 is 29.0 Å². The number of hydrogen-bond acceptors (Lipinski definition) is 5. The molecule has 6 nitrogen and oxygen atoms in total. The smallest absolute Gasteiger partial charge is 0.410 e. The maximum atomic E-state index is 15.1. The second-order valence-electron chi connectivity index (χ2n) is 19.9. The Kier molecular flexibility index (Phi) is 11.3. The van der Waals surface area contributed by atoms with Crippen molar-refractivity contribution in [1.29, 1.82) is 0 Å². The molecule has 316 valence electrons. The number of nitrogens with zero attached hydrogens (tertiary/aromatic N) is 1. The number of Topliss-reactive ketones (excluding diaryl/α,β-unsaturated/α-hetero) is 1.